The van der Waals surface area contributed by atoms with E-state index in [1.54, 1.807) is 18.2 Å². The van der Waals surface area contributed by atoms with Crippen molar-refractivity contribution in [3.63, 3.8) is 0 Å². The van der Waals surface area contributed by atoms with E-state index in [-0.39, 0.29) is 18.7 Å². The maximum atomic E-state index is 12.4. The first-order valence-electron chi connectivity index (χ1n) is 13.3. The van der Waals surface area contributed by atoms with Gasteiger partial charge < -0.3 is 66.8 Å². The number of thiol groups is 1. The first-order valence-corrected chi connectivity index (χ1v) is 14.4. The van der Waals surface area contributed by atoms with Gasteiger partial charge in [-0.1, -0.05) is 18.2 Å². The van der Waals surface area contributed by atoms with E-state index in [0.29, 0.717) is 0 Å². The van der Waals surface area contributed by atoms with Gasteiger partial charge in [0.1, 0.15) is 54.9 Å². The van der Waals surface area contributed by atoms with Crippen LogP contribution in [0.3, 0.4) is 0 Å². The predicted molar refractivity (Wildman–Crippen MR) is 141 cm³/mol. The summed E-state index contributed by atoms with van der Waals surface area (Å²) in [5, 5.41) is 63.2. The molecule has 3 fully saturated rings. The lowest BCUT2D eigenvalue weighted by Gasteiger charge is -2.49. The zero-order chi connectivity index (χ0) is 30.2. The summed E-state index contributed by atoms with van der Waals surface area (Å²) in [6.07, 6.45) is -17.2. The summed E-state index contributed by atoms with van der Waals surface area (Å²) in [5.41, 5.74) is 18.4. The van der Waals surface area contributed by atoms with Crippen molar-refractivity contribution in [1.82, 2.24) is 0 Å². The Labute approximate surface area is 238 Å². The number of rotatable bonds is 9. The molecule has 14 unspecified atom stereocenters. The van der Waals surface area contributed by atoms with E-state index < -0.39 is 103 Å². The van der Waals surface area contributed by atoms with Crippen molar-refractivity contribution < 1.29 is 58.0 Å². The smallest absolute Gasteiger partial charge is 0.225 e. The molecule has 16 nitrogen and oxygen atoms in total. The van der Waals surface area contributed by atoms with Crippen molar-refractivity contribution in [3.8, 4) is 0 Å². The largest absolute Gasteiger partial charge is 0.391 e. The maximum absolute atomic E-state index is 12.4. The molecule has 41 heavy (non-hydrogen) atoms. The topological polar surface area (TPSA) is 274 Å². The Bertz CT molecular complexity index is 1060. The first kappa shape index (κ1) is 32.4. The van der Waals surface area contributed by atoms with Crippen LogP contribution in [0.1, 0.15) is 13.3 Å². The van der Waals surface area contributed by atoms with Gasteiger partial charge in [-0.2, -0.15) is 0 Å². The molecule has 1 saturated carbocycles. The van der Waals surface area contributed by atoms with Crippen LogP contribution in [0.5, 0.6) is 0 Å². The third-order valence-electron chi connectivity index (χ3n) is 7.80. The Morgan fingerprint density at radius 2 is 1.56 bits per heavy atom. The molecule has 1 aliphatic carbocycles. The summed E-state index contributed by atoms with van der Waals surface area (Å²) in [7, 11) is -3.28. The van der Waals surface area contributed by atoms with E-state index in [0.717, 1.165) is 4.31 Å². The number of benzene rings is 1. The molecule has 2 heterocycles. The van der Waals surface area contributed by atoms with Gasteiger partial charge in [-0.25, -0.2) is 8.42 Å². The number of nitrogens with zero attached hydrogens (tertiary/aromatic N) is 1. The average molecular weight is 609 g/mol. The van der Waals surface area contributed by atoms with Gasteiger partial charge in [0.15, 0.2) is 12.6 Å². The third-order valence-corrected chi connectivity index (χ3v) is 8.68. The number of nitrogens with two attached hydrogens (primary N) is 3. The first-order chi connectivity index (χ1) is 19.4. The molecule has 0 aromatic heterocycles. The third kappa shape index (κ3) is 6.53. The second-order valence-corrected chi connectivity index (χ2v) is 11.5. The number of hydrogen-bond acceptors (Lipinski definition) is 15. The second-order valence-electron chi connectivity index (χ2n) is 10.6. The average Bonchev–Trinajstić information content (AvgIpc) is 3.21. The van der Waals surface area contributed by atoms with Gasteiger partial charge in [-0.3, -0.25) is 4.31 Å². The van der Waals surface area contributed by atoms with Gasteiger partial charge >= 0.3 is 0 Å². The van der Waals surface area contributed by atoms with Crippen molar-refractivity contribution in [2.75, 3.05) is 10.8 Å². The Balaban J connectivity index is 1.66. The van der Waals surface area contributed by atoms with Crippen LogP contribution in [0.15, 0.2) is 30.3 Å². The summed E-state index contributed by atoms with van der Waals surface area (Å²) in [6.45, 7) is 1.18. The van der Waals surface area contributed by atoms with E-state index >= 15 is 0 Å². The zero-order valence-corrected chi connectivity index (χ0v) is 23.1. The Morgan fingerprint density at radius 1 is 0.927 bits per heavy atom. The number of ether oxygens (including phenoxy) is 4. The normalized spacial score (nSPS) is 44.2. The van der Waals surface area contributed by atoms with Crippen molar-refractivity contribution in [2.45, 2.75) is 105 Å². The molecular formula is C24H40N4O12S. The molecule has 12 N–H and O–H groups in total. The molecule has 3 aliphatic rings. The minimum absolute atomic E-state index is 0.140. The van der Waals surface area contributed by atoms with Gasteiger partial charge in [0, 0.05) is 12.6 Å². The van der Waals surface area contributed by atoms with Crippen molar-refractivity contribution in [2.24, 2.45) is 17.2 Å². The van der Waals surface area contributed by atoms with Crippen LogP contribution in [0, 0.1) is 0 Å². The molecule has 0 radical (unpaired) electrons. The van der Waals surface area contributed by atoms with Gasteiger partial charge in [0.2, 0.25) is 10.9 Å². The highest BCUT2D eigenvalue weighted by Crippen LogP contribution is 2.35. The fraction of sp³-hybridized carbons (Fsp3) is 0.750. The van der Waals surface area contributed by atoms with Crippen LogP contribution >= 0.6 is 0 Å². The minimum Gasteiger partial charge on any atom is -0.391 e. The van der Waals surface area contributed by atoms with Gasteiger partial charge in [0.25, 0.3) is 0 Å². The van der Waals surface area contributed by atoms with Gasteiger partial charge in [-0.05, 0) is 25.5 Å². The highest BCUT2D eigenvalue weighted by atomic mass is 32.2. The summed E-state index contributed by atoms with van der Waals surface area (Å²) in [5.74, 6) is 0. The van der Waals surface area contributed by atoms with Gasteiger partial charge in [-0.15, -0.1) is 0 Å². The lowest BCUT2D eigenvalue weighted by atomic mass is 9.83. The van der Waals surface area contributed by atoms with E-state index in [1.807, 2.05) is 0 Å². The Hall–Kier alpha value is -1.55. The lowest BCUT2D eigenvalue weighted by Crippen LogP contribution is -2.69. The van der Waals surface area contributed by atoms with Crippen LogP contribution < -0.4 is 21.5 Å². The summed E-state index contributed by atoms with van der Waals surface area (Å²) in [6, 6.07) is 4.46. The molecule has 2 aliphatic heterocycles. The quantitative estimate of drug-likeness (QED) is 0.117. The number of hydrogen-bond donors (Lipinski definition) is 10. The molecule has 0 amide bonds. The van der Waals surface area contributed by atoms with Crippen molar-refractivity contribution in [1.29, 1.82) is 0 Å². The van der Waals surface area contributed by atoms with E-state index in [9.17, 15) is 39.1 Å². The fourth-order valence-corrected chi connectivity index (χ4v) is 6.34. The maximum Gasteiger partial charge on any atom is 0.225 e. The second kappa shape index (κ2) is 13.4. The van der Waals surface area contributed by atoms with Crippen LogP contribution in [-0.2, 0) is 29.8 Å². The summed E-state index contributed by atoms with van der Waals surface area (Å²) < 4.78 is 48.9. The molecular weight excluding hydrogens is 568 g/mol. The molecule has 1 aromatic carbocycles. The van der Waals surface area contributed by atoms with E-state index in [1.165, 1.54) is 19.1 Å². The van der Waals surface area contributed by atoms with E-state index in [4.69, 9.17) is 36.1 Å². The highest BCUT2D eigenvalue weighted by Gasteiger charge is 2.54. The molecule has 17 heteroatoms. The molecule has 0 spiro atoms. The SMILES string of the molecule is C[C@@H](O)C1OC(OC2C(N)CC(N(c3ccccc3)[SH](=O)=O)C(O)C2OC2OC(CN)C(O)C2O)C(N)C(O)C1O. The van der Waals surface area contributed by atoms with Crippen LogP contribution in [0.2, 0.25) is 0 Å². The van der Waals surface area contributed by atoms with E-state index in [2.05, 4.69) is 0 Å². The number of aliphatic hydroxyl groups is 6. The molecule has 2 saturated heterocycles. The van der Waals surface area contributed by atoms with Gasteiger partial charge in [0.05, 0.1) is 23.9 Å². The Kier molecular flexibility index (Phi) is 10.6. The minimum atomic E-state index is -3.28. The molecule has 0 bridgehead atoms. The summed E-state index contributed by atoms with van der Waals surface area (Å²) in [4.78, 5) is 0. The number of anilines is 1. The molecule has 15 atom stereocenters. The van der Waals surface area contributed by atoms with Crippen LogP contribution in [0.4, 0.5) is 5.69 Å². The van der Waals surface area contributed by atoms with Crippen molar-refractivity contribution >= 4 is 16.6 Å². The predicted octanol–water partition coefficient (Wildman–Crippen LogP) is -5.19. The molecule has 4 rings (SSSR count). The Morgan fingerprint density at radius 3 is 2.12 bits per heavy atom. The van der Waals surface area contributed by atoms with Crippen LogP contribution in [-0.4, -0.2) is 137 Å². The van der Waals surface area contributed by atoms with Crippen molar-refractivity contribution in [3.05, 3.63) is 30.3 Å². The standard InChI is InChI=1S/C24H40N4O12S/c1-9(29)20-18(33)17(32)14(27)23(38-20)39-21-11(26)7-12(28(41(35)36)10-5-3-2-4-6-10)15(30)22(21)40-24-19(34)16(31)13(8-25)37-24/h2-6,9,11-24,29-34,41H,7-8,25-27H2,1H3/t9-,11?,12?,13?,14?,15?,16?,17?,18?,19?,20?,21?,22?,23?,24?/m1/s1. The number of aliphatic hydroxyl groups excluding tert-OH is 6. The summed E-state index contributed by atoms with van der Waals surface area (Å²) >= 11 is 0. The highest BCUT2D eigenvalue weighted by molar-refractivity contribution is 7.74. The molecule has 1 aromatic rings. The monoisotopic (exact) mass is 608 g/mol. The molecule has 234 valence electrons. The lowest BCUT2D eigenvalue weighted by molar-refractivity contribution is -0.315. The van der Waals surface area contributed by atoms with Crippen LogP contribution in [0.25, 0.3) is 0 Å². The zero-order valence-electron chi connectivity index (χ0n) is 22.2. The number of para-hydroxylation sites is 1. The fourth-order valence-electron chi connectivity index (χ4n) is 5.54.